The van der Waals surface area contributed by atoms with Gasteiger partial charge in [0.25, 0.3) is 0 Å². The number of halogens is 1. The van der Waals surface area contributed by atoms with Gasteiger partial charge in [-0.3, -0.25) is 0 Å². The fourth-order valence-corrected chi connectivity index (χ4v) is 1.51. The highest BCUT2D eigenvalue weighted by atomic mass is 79.9. The summed E-state index contributed by atoms with van der Waals surface area (Å²) in [4.78, 5) is 0. The van der Waals surface area contributed by atoms with Gasteiger partial charge in [-0.1, -0.05) is 28.1 Å². The fraction of sp³-hybridized carbons (Fsp3) is 0.500. The lowest BCUT2D eigenvalue weighted by Crippen LogP contribution is -2.24. The molecule has 1 N–H and O–H groups in total. The second-order valence-corrected chi connectivity index (χ2v) is 4.69. The average Bonchev–Trinajstić information content (AvgIpc) is 2.18. The molecule has 1 aromatic carbocycles. The zero-order valence-electron chi connectivity index (χ0n) is 9.27. The molecular weight excluding hydrogens is 256 g/mol. The first-order valence-corrected chi connectivity index (χ1v) is 5.89. The molecule has 0 spiro atoms. The van der Waals surface area contributed by atoms with Gasteiger partial charge in [0.05, 0.1) is 18.3 Å². The van der Waals surface area contributed by atoms with Crippen LogP contribution >= 0.6 is 15.9 Å². The smallest absolute Gasteiger partial charge is 0.0811 e. The van der Waals surface area contributed by atoms with Crippen molar-refractivity contribution >= 4 is 15.9 Å². The number of hydrogen-bond acceptors (Lipinski definition) is 2. The van der Waals surface area contributed by atoms with Crippen LogP contribution in [0, 0.1) is 0 Å². The number of ether oxygens (including phenoxy) is 1. The molecule has 1 aromatic rings. The van der Waals surface area contributed by atoms with Crippen LogP contribution in [0.5, 0.6) is 0 Å². The third kappa shape index (κ3) is 3.93. The third-order valence-electron chi connectivity index (χ3n) is 2.44. The van der Waals surface area contributed by atoms with Crippen LogP contribution in [0.4, 0.5) is 0 Å². The zero-order valence-corrected chi connectivity index (χ0v) is 10.9. The van der Waals surface area contributed by atoms with Gasteiger partial charge in [-0.25, -0.2) is 0 Å². The molecule has 3 heteroatoms. The Morgan fingerprint density at radius 1 is 1.13 bits per heavy atom. The monoisotopic (exact) mass is 272 g/mol. The first-order valence-electron chi connectivity index (χ1n) is 5.09. The molecular formula is C12H17BrO2. The Bertz CT molecular complexity index is 295. The molecule has 0 saturated carbocycles. The van der Waals surface area contributed by atoms with Gasteiger partial charge in [0, 0.05) is 4.47 Å². The number of hydrogen-bond donors (Lipinski definition) is 1. The Balaban J connectivity index is 2.61. The molecule has 0 heterocycles. The quantitative estimate of drug-likeness (QED) is 0.912. The summed E-state index contributed by atoms with van der Waals surface area (Å²) in [5.74, 6) is 0. The van der Waals surface area contributed by atoms with E-state index in [4.69, 9.17) is 4.74 Å². The summed E-state index contributed by atoms with van der Waals surface area (Å²) in [7, 11) is 0. The molecule has 2 nitrogen and oxygen atoms in total. The Kier molecular flexibility index (Phi) is 4.77. The predicted octanol–water partition coefficient (Wildman–Crippen LogP) is 3.30. The molecule has 0 amide bonds. The normalized spacial score (nSPS) is 17.1. The van der Waals surface area contributed by atoms with Gasteiger partial charge in [-0.2, -0.15) is 0 Å². The van der Waals surface area contributed by atoms with Crippen molar-refractivity contribution in [1.29, 1.82) is 0 Å². The van der Waals surface area contributed by atoms with Crippen molar-refractivity contribution in [2.24, 2.45) is 0 Å². The van der Waals surface area contributed by atoms with Crippen molar-refractivity contribution in [2.75, 3.05) is 0 Å². The van der Waals surface area contributed by atoms with Crippen LogP contribution in [0.15, 0.2) is 28.7 Å². The highest BCUT2D eigenvalue weighted by Gasteiger charge is 2.14. The Labute approximate surface area is 99.4 Å². The third-order valence-corrected chi connectivity index (χ3v) is 2.97. The molecule has 15 heavy (non-hydrogen) atoms. The van der Waals surface area contributed by atoms with Crippen LogP contribution in [0.25, 0.3) is 0 Å². The van der Waals surface area contributed by atoms with E-state index in [9.17, 15) is 5.11 Å². The molecule has 0 aliphatic heterocycles. The van der Waals surface area contributed by atoms with E-state index in [2.05, 4.69) is 15.9 Å². The lowest BCUT2D eigenvalue weighted by Gasteiger charge is -2.21. The van der Waals surface area contributed by atoms with Gasteiger partial charge in [0.15, 0.2) is 0 Å². The van der Waals surface area contributed by atoms with Gasteiger partial charge in [-0.05, 0) is 38.5 Å². The molecule has 0 saturated heterocycles. The SMILES string of the molecule is CC(OC(C)C(C)O)c1ccc(Br)cc1. The van der Waals surface area contributed by atoms with Gasteiger partial charge >= 0.3 is 0 Å². The minimum Gasteiger partial charge on any atom is -0.391 e. The Morgan fingerprint density at radius 2 is 1.67 bits per heavy atom. The van der Waals surface area contributed by atoms with Gasteiger partial charge in [-0.15, -0.1) is 0 Å². The van der Waals surface area contributed by atoms with E-state index in [0.29, 0.717) is 0 Å². The van der Waals surface area contributed by atoms with Crippen LogP contribution in [-0.4, -0.2) is 17.3 Å². The lowest BCUT2D eigenvalue weighted by atomic mass is 10.1. The van der Waals surface area contributed by atoms with Crippen LogP contribution in [-0.2, 0) is 4.74 Å². The highest BCUT2D eigenvalue weighted by molar-refractivity contribution is 9.10. The summed E-state index contributed by atoms with van der Waals surface area (Å²) in [5, 5.41) is 9.33. The molecule has 1 rings (SSSR count). The first kappa shape index (κ1) is 12.7. The van der Waals surface area contributed by atoms with Gasteiger partial charge in [0.2, 0.25) is 0 Å². The maximum atomic E-state index is 9.33. The van der Waals surface area contributed by atoms with Gasteiger partial charge < -0.3 is 9.84 Å². The number of aliphatic hydroxyl groups is 1. The summed E-state index contributed by atoms with van der Waals surface area (Å²) < 4.78 is 6.73. The van der Waals surface area contributed by atoms with Crippen molar-refractivity contribution in [1.82, 2.24) is 0 Å². The van der Waals surface area contributed by atoms with E-state index in [1.165, 1.54) is 0 Å². The Hall–Kier alpha value is -0.380. The lowest BCUT2D eigenvalue weighted by molar-refractivity contribution is -0.0558. The van der Waals surface area contributed by atoms with E-state index in [0.717, 1.165) is 10.0 Å². The number of rotatable bonds is 4. The molecule has 3 atom stereocenters. The second-order valence-electron chi connectivity index (χ2n) is 3.78. The molecule has 0 aromatic heterocycles. The fourth-order valence-electron chi connectivity index (χ4n) is 1.25. The van der Waals surface area contributed by atoms with E-state index >= 15 is 0 Å². The van der Waals surface area contributed by atoms with Crippen LogP contribution in [0.1, 0.15) is 32.4 Å². The molecule has 0 fully saturated rings. The average molecular weight is 273 g/mol. The number of benzene rings is 1. The van der Waals surface area contributed by atoms with Crippen molar-refractivity contribution < 1.29 is 9.84 Å². The van der Waals surface area contributed by atoms with Crippen molar-refractivity contribution in [2.45, 2.75) is 39.1 Å². The molecule has 0 bridgehead atoms. The Morgan fingerprint density at radius 3 is 2.13 bits per heavy atom. The van der Waals surface area contributed by atoms with E-state index in [1.54, 1.807) is 6.92 Å². The summed E-state index contributed by atoms with van der Waals surface area (Å²) in [6.45, 7) is 5.60. The van der Waals surface area contributed by atoms with E-state index in [-0.39, 0.29) is 12.2 Å². The van der Waals surface area contributed by atoms with E-state index < -0.39 is 6.10 Å². The molecule has 0 radical (unpaired) electrons. The molecule has 0 aliphatic carbocycles. The van der Waals surface area contributed by atoms with Crippen molar-refractivity contribution in [3.8, 4) is 0 Å². The van der Waals surface area contributed by atoms with Crippen molar-refractivity contribution in [3.05, 3.63) is 34.3 Å². The highest BCUT2D eigenvalue weighted by Crippen LogP contribution is 2.21. The van der Waals surface area contributed by atoms with Crippen LogP contribution < -0.4 is 0 Å². The number of aliphatic hydroxyl groups excluding tert-OH is 1. The van der Waals surface area contributed by atoms with Crippen molar-refractivity contribution in [3.63, 3.8) is 0 Å². The molecule has 3 unspecified atom stereocenters. The summed E-state index contributed by atoms with van der Waals surface area (Å²) in [6.07, 6.45) is -0.589. The first-order chi connectivity index (χ1) is 7.00. The minimum absolute atomic E-state index is 0.00250. The standard InChI is InChI=1S/C12H17BrO2/c1-8(14)9(2)15-10(3)11-4-6-12(13)7-5-11/h4-10,14H,1-3H3. The topological polar surface area (TPSA) is 29.5 Å². The summed E-state index contributed by atoms with van der Waals surface area (Å²) in [6, 6.07) is 8.01. The molecule has 84 valence electrons. The van der Waals surface area contributed by atoms with Gasteiger partial charge in [0.1, 0.15) is 0 Å². The molecule has 0 aliphatic rings. The summed E-state index contributed by atoms with van der Waals surface area (Å²) in [5.41, 5.74) is 1.12. The maximum Gasteiger partial charge on any atom is 0.0811 e. The maximum absolute atomic E-state index is 9.33. The van der Waals surface area contributed by atoms with Crippen LogP contribution in [0.3, 0.4) is 0 Å². The predicted molar refractivity (Wildman–Crippen MR) is 64.8 cm³/mol. The second kappa shape index (κ2) is 5.64. The van der Waals surface area contributed by atoms with E-state index in [1.807, 2.05) is 38.1 Å². The summed E-state index contributed by atoms with van der Waals surface area (Å²) >= 11 is 3.39. The van der Waals surface area contributed by atoms with Crippen LogP contribution in [0.2, 0.25) is 0 Å². The minimum atomic E-state index is -0.442. The largest absolute Gasteiger partial charge is 0.391 e. The zero-order chi connectivity index (χ0) is 11.4.